The SMILES string of the molecule is Cc1nc(Cn2nc(Cl)ccc2=O)n(-c2ccccc2F)n1. The van der Waals surface area contributed by atoms with Crippen molar-refractivity contribution < 1.29 is 4.39 Å². The van der Waals surface area contributed by atoms with Crippen LogP contribution in [0.2, 0.25) is 5.15 Å². The van der Waals surface area contributed by atoms with E-state index in [-0.39, 0.29) is 22.9 Å². The van der Waals surface area contributed by atoms with E-state index in [0.717, 1.165) is 4.68 Å². The third-order valence-corrected chi connectivity index (χ3v) is 3.19. The normalized spacial score (nSPS) is 10.9. The zero-order chi connectivity index (χ0) is 15.7. The maximum Gasteiger partial charge on any atom is 0.267 e. The van der Waals surface area contributed by atoms with E-state index >= 15 is 0 Å². The van der Waals surface area contributed by atoms with E-state index in [1.807, 2.05) is 0 Å². The zero-order valence-electron chi connectivity index (χ0n) is 11.6. The fourth-order valence-electron chi connectivity index (χ4n) is 2.05. The Kier molecular flexibility index (Phi) is 3.72. The van der Waals surface area contributed by atoms with Gasteiger partial charge in [0.1, 0.15) is 29.0 Å². The Labute approximate surface area is 129 Å². The molecule has 8 heteroatoms. The van der Waals surface area contributed by atoms with Crippen LogP contribution in [0.1, 0.15) is 11.6 Å². The van der Waals surface area contributed by atoms with Gasteiger partial charge in [-0.3, -0.25) is 4.79 Å². The van der Waals surface area contributed by atoms with E-state index in [1.54, 1.807) is 25.1 Å². The summed E-state index contributed by atoms with van der Waals surface area (Å²) >= 11 is 5.80. The van der Waals surface area contributed by atoms with E-state index in [1.165, 1.54) is 22.9 Å². The Morgan fingerprint density at radius 1 is 1.18 bits per heavy atom. The van der Waals surface area contributed by atoms with Crippen LogP contribution in [-0.2, 0) is 6.54 Å². The lowest BCUT2D eigenvalue weighted by Gasteiger charge is -2.08. The molecule has 0 saturated heterocycles. The number of aryl methyl sites for hydroxylation is 1. The third-order valence-electron chi connectivity index (χ3n) is 2.99. The van der Waals surface area contributed by atoms with Crippen LogP contribution < -0.4 is 5.56 Å². The summed E-state index contributed by atoms with van der Waals surface area (Å²) in [5.74, 6) is 0.424. The number of hydrogen-bond donors (Lipinski definition) is 0. The molecule has 0 saturated carbocycles. The summed E-state index contributed by atoms with van der Waals surface area (Å²) in [5.41, 5.74) is -0.0710. The maximum absolute atomic E-state index is 14.0. The molecule has 112 valence electrons. The summed E-state index contributed by atoms with van der Waals surface area (Å²) in [6.45, 7) is 1.73. The average Bonchev–Trinajstić information content (AvgIpc) is 2.84. The van der Waals surface area contributed by atoms with Crippen molar-refractivity contribution in [2.24, 2.45) is 0 Å². The molecular weight excluding hydrogens is 309 g/mol. The molecule has 0 aliphatic carbocycles. The Bertz CT molecular complexity index is 889. The van der Waals surface area contributed by atoms with Crippen LogP contribution in [0.3, 0.4) is 0 Å². The molecule has 0 atom stereocenters. The highest BCUT2D eigenvalue weighted by Gasteiger charge is 2.14. The highest BCUT2D eigenvalue weighted by molar-refractivity contribution is 6.29. The van der Waals surface area contributed by atoms with Gasteiger partial charge < -0.3 is 0 Å². The number of para-hydroxylation sites is 1. The molecule has 22 heavy (non-hydrogen) atoms. The minimum atomic E-state index is -0.431. The summed E-state index contributed by atoms with van der Waals surface area (Å²) in [5, 5.41) is 8.30. The molecule has 3 aromatic rings. The topological polar surface area (TPSA) is 65.6 Å². The number of benzene rings is 1. The van der Waals surface area contributed by atoms with Gasteiger partial charge >= 0.3 is 0 Å². The minimum absolute atomic E-state index is 0.0363. The number of nitrogens with zero attached hydrogens (tertiary/aromatic N) is 5. The van der Waals surface area contributed by atoms with Gasteiger partial charge in [0.25, 0.3) is 5.56 Å². The van der Waals surface area contributed by atoms with Crippen LogP contribution in [0.5, 0.6) is 0 Å². The second-order valence-electron chi connectivity index (χ2n) is 4.59. The smallest absolute Gasteiger partial charge is 0.267 e. The molecule has 0 aliphatic heterocycles. The van der Waals surface area contributed by atoms with Gasteiger partial charge in [-0.2, -0.15) is 10.2 Å². The summed E-state index contributed by atoms with van der Waals surface area (Å²) in [7, 11) is 0. The highest BCUT2D eigenvalue weighted by atomic mass is 35.5. The Morgan fingerprint density at radius 2 is 1.95 bits per heavy atom. The molecule has 3 rings (SSSR count). The molecule has 2 heterocycles. The van der Waals surface area contributed by atoms with E-state index in [0.29, 0.717) is 11.6 Å². The lowest BCUT2D eigenvalue weighted by atomic mass is 10.3. The van der Waals surface area contributed by atoms with Gasteiger partial charge in [0, 0.05) is 6.07 Å². The van der Waals surface area contributed by atoms with E-state index in [9.17, 15) is 9.18 Å². The van der Waals surface area contributed by atoms with Crippen LogP contribution in [0, 0.1) is 12.7 Å². The summed E-state index contributed by atoms with van der Waals surface area (Å²) in [4.78, 5) is 16.0. The van der Waals surface area contributed by atoms with Crippen molar-refractivity contribution in [3.8, 4) is 5.69 Å². The largest absolute Gasteiger partial charge is 0.268 e. The van der Waals surface area contributed by atoms with Gasteiger partial charge in [-0.15, -0.1) is 0 Å². The van der Waals surface area contributed by atoms with Crippen LogP contribution >= 0.6 is 11.6 Å². The van der Waals surface area contributed by atoms with Crippen molar-refractivity contribution in [2.45, 2.75) is 13.5 Å². The molecule has 0 amide bonds. The molecule has 0 unspecified atom stereocenters. The monoisotopic (exact) mass is 319 g/mol. The van der Waals surface area contributed by atoms with Crippen molar-refractivity contribution in [1.29, 1.82) is 0 Å². The first-order chi connectivity index (χ1) is 10.5. The highest BCUT2D eigenvalue weighted by Crippen LogP contribution is 2.14. The zero-order valence-corrected chi connectivity index (χ0v) is 12.3. The molecule has 0 fully saturated rings. The van der Waals surface area contributed by atoms with Crippen LogP contribution in [0.25, 0.3) is 5.69 Å². The second kappa shape index (κ2) is 5.69. The predicted octanol–water partition coefficient (Wildman–Crippen LogP) is 1.97. The maximum atomic E-state index is 14.0. The molecule has 0 bridgehead atoms. The van der Waals surface area contributed by atoms with Crippen molar-refractivity contribution in [2.75, 3.05) is 0 Å². The van der Waals surface area contributed by atoms with Crippen molar-refractivity contribution >= 4 is 11.6 Å². The first-order valence-electron chi connectivity index (χ1n) is 6.46. The van der Waals surface area contributed by atoms with Crippen LogP contribution in [0.15, 0.2) is 41.2 Å². The Balaban J connectivity index is 2.07. The number of hydrogen-bond acceptors (Lipinski definition) is 4. The summed E-state index contributed by atoms with van der Waals surface area (Å²) < 4.78 is 16.5. The molecule has 0 radical (unpaired) electrons. The predicted molar refractivity (Wildman–Crippen MR) is 78.7 cm³/mol. The second-order valence-corrected chi connectivity index (χ2v) is 4.98. The fraction of sp³-hybridized carbons (Fsp3) is 0.143. The van der Waals surface area contributed by atoms with Crippen LogP contribution in [-0.4, -0.2) is 24.5 Å². The molecule has 0 aliphatic rings. The van der Waals surface area contributed by atoms with Gasteiger partial charge in [-0.25, -0.2) is 18.7 Å². The molecule has 6 nitrogen and oxygen atoms in total. The van der Waals surface area contributed by atoms with E-state index in [2.05, 4.69) is 15.2 Å². The van der Waals surface area contributed by atoms with E-state index < -0.39 is 5.82 Å². The first-order valence-corrected chi connectivity index (χ1v) is 6.83. The van der Waals surface area contributed by atoms with Gasteiger partial charge in [-0.1, -0.05) is 23.7 Å². The quantitative estimate of drug-likeness (QED) is 0.740. The van der Waals surface area contributed by atoms with Gasteiger partial charge in [0.2, 0.25) is 0 Å². The fourth-order valence-corrected chi connectivity index (χ4v) is 2.20. The number of aromatic nitrogens is 5. The van der Waals surface area contributed by atoms with Crippen molar-refractivity contribution in [3.63, 3.8) is 0 Å². The average molecular weight is 320 g/mol. The molecule has 0 N–H and O–H groups in total. The van der Waals surface area contributed by atoms with Gasteiger partial charge in [0.15, 0.2) is 5.82 Å². The molecule has 0 spiro atoms. The van der Waals surface area contributed by atoms with E-state index in [4.69, 9.17) is 11.6 Å². The van der Waals surface area contributed by atoms with Crippen molar-refractivity contribution in [1.82, 2.24) is 24.5 Å². The summed E-state index contributed by atoms with van der Waals surface area (Å²) in [6.07, 6.45) is 0. The Morgan fingerprint density at radius 3 is 2.73 bits per heavy atom. The molecule has 1 aromatic carbocycles. The van der Waals surface area contributed by atoms with Crippen LogP contribution in [0.4, 0.5) is 4.39 Å². The van der Waals surface area contributed by atoms with Gasteiger partial charge in [0.05, 0.1) is 0 Å². The minimum Gasteiger partial charge on any atom is -0.268 e. The standard InChI is InChI=1S/C14H11ClFN5O/c1-9-17-13(8-20-14(22)7-6-12(15)19-20)21(18-9)11-5-3-2-4-10(11)16/h2-7H,8H2,1H3. The van der Waals surface area contributed by atoms with Gasteiger partial charge in [-0.05, 0) is 25.1 Å². The number of rotatable bonds is 3. The van der Waals surface area contributed by atoms with Crippen molar-refractivity contribution in [3.05, 3.63) is 69.4 Å². The third kappa shape index (κ3) is 2.75. The molecular formula is C14H11ClFN5O. The number of halogens is 2. The first kappa shape index (κ1) is 14.4. The Hall–Kier alpha value is -2.54. The lowest BCUT2D eigenvalue weighted by molar-refractivity contribution is 0.578. The lowest BCUT2D eigenvalue weighted by Crippen LogP contribution is -2.24. The molecule has 2 aromatic heterocycles. The summed E-state index contributed by atoms with van der Waals surface area (Å²) in [6, 6.07) is 8.93.